The molecule has 1 aliphatic heterocycles. The number of nitrogens with zero attached hydrogens (tertiary/aromatic N) is 1. The summed E-state index contributed by atoms with van der Waals surface area (Å²) in [6, 6.07) is 2.97. The molecule has 1 saturated heterocycles. The Balaban J connectivity index is 1.95. The van der Waals surface area contributed by atoms with Crippen LogP contribution in [0.5, 0.6) is 0 Å². The van der Waals surface area contributed by atoms with Crippen LogP contribution in [-0.2, 0) is 0 Å². The van der Waals surface area contributed by atoms with Gasteiger partial charge in [0.25, 0.3) is 5.91 Å². The SMILES string of the molecule is CNCC1CCN(C(=O)c2ccc(=O)[nH]c2)CC1. The Bertz CT molecular complexity index is 441. The highest BCUT2D eigenvalue weighted by Gasteiger charge is 2.23. The molecule has 0 unspecified atom stereocenters. The Kier molecular flexibility index (Phi) is 4.15. The van der Waals surface area contributed by atoms with Crippen LogP contribution in [0.25, 0.3) is 0 Å². The Labute approximate surface area is 106 Å². The van der Waals surface area contributed by atoms with E-state index >= 15 is 0 Å². The van der Waals surface area contributed by atoms with Crippen molar-refractivity contribution in [3.63, 3.8) is 0 Å². The van der Waals surface area contributed by atoms with Crippen molar-refractivity contribution in [1.82, 2.24) is 15.2 Å². The number of hydrogen-bond donors (Lipinski definition) is 2. The molecule has 1 aliphatic rings. The van der Waals surface area contributed by atoms with Crippen molar-refractivity contribution in [1.29, 1.82) is 0 Å². The molecule has 1 aromatic rings. The molecule has 5 nitrogen and oxygen atoms in total. The standard InChI is InChI=1S/C13H19N3O2/c1-14-8-10-4-6-16(7-5-10)13(18)11-2-3-12(17)15-9-11/h2-3,9-10,14H,4-8H2,1H3,(H,15,17). The van der Waals surface area contributed by atoms with Gasteiger partial charge < -0.3 is 15.2 Å². The van der Waals surface area contributed by atoms with Crippen LogP contribution in [-0.4, -0.2) is 42.5 Å². The fraction of sp³-hybridized carbons (Fsp3) is 0.538. The van der Waals surface area contributed by atoms with Gasteiger partial charge in [-0.3, -0.25) is 9.59 Å². The number of carbonyl (C=O) groups is 1. The summed E-state index contributed by atoms with van der Waals surface area (Å²) in [6.07, 6.45) is 3.57. The summed E-state index contributed by atoms with van der Waals surface area (Å²) >= 11 is 0. The van der Waals surface area contributed by atoms with Crippen LogP contribution in [0.15, 0.2) is 23.1 Å². The summed E-state index contributed by atoms with van der Waals surface area (Å²) in [7, 11) is 1.96. The van der Waals surface area contributed by atoms with E-state index in [1.54, 1.807) is 6.07 Å². The molecule has 1 amide bonds. The molecule has 0 bridgehead atoms. The summed E-state index contributed by atoms with van der Waals surface area (Å²) in [5.41, 5.74) is 0.376. The fourth-order valence-electron chi connectivity index (χ4n) is 2.36. The number of rotatable bonds is 3. The van der Waals surface area contributed by atoms with Gasteiger partial charge in [0.1, 0.15) is 0 Å². The predicted molar refractivity (Wildman–Crippen MR) is 69.6 cm³/mol. The van der Waals surface area contributed by atoms with E-state index in [0.29, 0.717) is 11.5 Å². The molecule has 0 saturated carbocycles. The zero-order valence-corrected chi connectivity index (χ0v) is 10.6. The van der Waals surface area contributed by atoms with E-state index in [9.17, 15) is 9.59 Å². The van der Waals surface area contributed by atoms with Crippen molar-refractivity contribution < 1.29 is 4.79 Å². The number of aromatic amines is 1. The first kappa shape index (κ1) is 12.8. The van der Waals surface area contributed by atoms with Gasteiger partial charge in [-0.2, -0.15) is 0 Å². The minimum atomic E-state index is -0.181. The lowest BCUT2D eigenvalue weighted by atomic mass is 9.96. The molecular formula is C13H19N3O2. The van der Waals surface area contributed by atoms with E-state index in [1.807, 2.05) is 11.9 Å². The van der Waals surface area contributed by atoms with Gasteiger partial charge in [-0.05, 0) is 38.4 Å². The smallest absolute Gasteiger partial charge is 0.255 e. The highest BCUT2D eigenvalue weighted by atomic mass is 16.2. The van der Waals surface area contributed by atoms with Crippen LogP contribution in [0, 0.1) is 5.92 Å². The molecule has 1 fully saturated rings. The van der Waals surface area contributed by atoms with Crippen molar-refractivity contribution in [2.75, 3.05) is 26.7 Å². The van der Waals surface area contributed by atoms with Crippen LogP contribution in [0.2, 0.25) is 0 Å². The fourth-order valence-corrected chi connectivity index (χ4v) is 2.36. The maximum Gasteiger partial charge on any atom is 0.255 e. The summed E-state index contributed by atoms with van der Waals surface area (Å²) < 4.78 is 0. The second-order valence-electron chi connectivity index (χ2n) is 4.73. The molecule has 1 aromatic heterocycles. The molecule has 5 heteroatoms. The van der Waals surface area contributed by atoms with Crippen molar-refractivity contribution in [3.05, 3.63) is 34.2 Å². The highest BCUT2D eigenvalue weighted by Crippen LogP contribution is 2.17. The third kappa shape index (κ3) is 2.98. The van der Waals surface area contributed by atoms with Crippen molar-refractivity contribution in [3.8, 4) is 0 Å². The molecular weight excluding hydrogens is 230 g/mol. The molecule has 18 heavy (non-hydrogen) atoms. The molecule has 0 aromatic carbocycles. The molecule has 2 N–H and O–H groups in total. The van der Waals surface area contributed by atoms with E-state index < -0.39 is 0 Å². The second kappa shape index (κ2) is 5.82. The van der Waals surface area contributed by atoms with E-state index in [4.69, 9.17) is 0 Å². The van der Waals surface area contributed by atoms with Gasteiger partial charge in [0.15, 0.2) is 0 Å². The lowest BCUT2D eigenvalue weighted by Gasteiger charge is -2.31. The van der Waals surface area contributed by atoms with Gasteiger partial charge in [0.05, 0.1) is 5.56 Å². The zero-order valence-electron chi connectivity index (χ0n) is 10.6. The number of hydrogen-bond acceptors (Lipinski definition) is 3. The first-order valence-corrected chi connectivity index (χ1v) is 6.33. The van der Waals surface area contributed by atoms with Gasteiger partial charge >= 0.3 is 0 Å². The van der Waals surface area contributed by atoms with Crippen LogP contribution in [0.1, 0.15) is 23.2 Å². The Morgan fingerprint density at radius 3 is 2.72 bits per heavy atom. The molecule has 0 radical (unpaired) electrons. The van der Waals surface area contributed by atoms with Crippen molar-refractivity contribution in [2.24, 2.45) is 5.92 Å². The molecule has 0 spiro atoms. The molecule has 2 rings (SSSR count). The topological polar surface area (TPSA) is 65.2 Å². The lowest BCUT2D eigenvalue weighted by molar-refractivity contribution is 0.0690. The van der Waals surface area contributed by atoms with E-state index in [-0.39, 0.29) is 11.5 Å². The monoisotopic (exact) mass is 249 g/mol. The third-order valence-corrected chi connectivity index (χ3v) is 3.43. The Morgan fingerprint density at radius 2 is 2.17 bits per heavy atom. The molecule has 0 atom stereocenters. The first-order valence-electron chi connectivity index (χ1n) is 6.33. The third-order valence-electron chi connectivity index (χ3n) is 3.43. The number of pyridine rings is 1. The summed E-state index contributed by atoms with van der Waals surface area (Å²) in [5, 5.41) is 3.18. The van der Waals surface area contributed by atoms with Crippen LogP contribution >= 0.6 is 0 Å². The summed E-state index contributed by atoms with van der Waals surface area (Å²) in [4.78, 5) is 27.5. The number of H-pyrrole nitrogens is 1. The number of aromatic nitrogens is 1. The van der Waals surface area contributed by atoms with Gasteiger partial charge in [0.2, 0.25) is 5.56 Å². The number of carbonyl (C=O) groups excluding carboxylic acids is 1. The van der Waals surface area contributed by atoms with Crippen molar-refractivity contribution in [2.45, 2.75) is 12.8 Å². The number of nitrogens with one attached hydrogen (secondary N) is 2. The van der Waals surface area contributed by atoms with Gasteiger partial charge in [-0.25, -0.2) is 0 Å². The zero-order chi connectivity index (χ0) is 13.0. The van der Waals surface area contributed by atoms with Gasteiger partial charge in [0, 0.05) is 25.4 Å². The van der Waals surface area contributed by atoms with Gasteiger partial charge in [-0.15, -0.1) is 0 Å². The molecule has 98 valence electrons. The highest BCUT2D eigenvalue weighted by molar-refractivity contribution is 5.93. The minimum absolute atomic E-state index is 0.00848. The normalized spacial score (nSPS) is 16.8. The van der Waals surface area contributed by atoms with E-state index in [1.165, 1.54) is 12.3 Å². The van der Waals surface area contributed by atoms with E-state index in [0.717, 1.165) is 32.5 Å². The van der Waals surface area contributed by atoms with Crippen molar-refractivity contribution >= 4 is 5.91 Å². The molecule has 2 heterocycles. The largest absolute Gasteiger partial charge is 0.339 e. The average molecular weight is 249 g/mol. The Morgan fingerprint density at radius 1 is 1.44 bits per heavy atom. The second-order valence-corrected chi connectivity index (χ2v) is 4.73. The summed E-state index contributed by atoms with van der Waals surface area (Å²) in [5.74, 6) is 0.670. The summed E-state index contributed by atoms with van der Waals surface area (Å²) in [6.45, 7) is 2.61. The lowest BCUT2D eigenvalue weighted by Crippen LogP contribution is -2.40. The van der Waals surface area contributed by atoms with Crippen LogP contribution in [0.4, 0.5) is 0 Å². The quantitative estimate of drug-likeness (QED) is 0.817. The number of likely N-dealkylation sites (tertiary alicyclic amines) is 1. The number of amides is 1. The maximum absolute atomic E-state index is 12.2. The minimum Gasteiger partial charge on any atom is -0.339 e. The first-order chi connectivity index (χ1) is 8.70. The average Bonchev–Trinajstić information content (AvgIpc) is 2.40. The van der Waals surface area contributed by atoms with Crippen LogP contribution in [0.3, 0.4) is 0 Å². The van der Waals surface area contributed by atoms with E-state index in [2.05, 4.69) is 10.3 Å². The predicted octanol–water partition coefficient (Wildman–Crippen LogP) is 0.447. The van der Waals surface area contributed by atoms with Crippen LogP contribution < -0.4 is 10.9 Å². The number of piperidine rings is 1. The molecule has 0 aliphatic carbocycles. The Hall–Kier alpha value is -1.62. The van der Waals surface area contributed by atoms with Gasteiger partial charge in [-0.1, -0.05) is 0 Å². The maximum atomic E-state index is 12.2.